The first-order valence-electron chi connectivity index (χ1n) is 6.79. The average molecular weight is 263 g/mol. The summed E-state index contributed by atoms with van der Waals surface area (Å²) in [5.41, 5.74) is 3.45. The van der Waals surface area contributed by atoms with Crippen molar-refractivity contribution in [3.05, 3.63) is 23.8 Å². The molecular formula is C16H25NS. The zero-order valence-electron chi connectivity index (χ0n) is 12.2. The van der Waals surface area contributed by atoms with E-state index in [0.717, 1.165) is 22.2 Å². The number of nitrogens with zero attached hydrogens (tertiary/aromatic N) is 1. The largest absolute Gasteiger partial charge is 0.257 e. The molecule has 0 bridgehead atoms. The maximum Gasteiger partial charge on any atom is 0.0796 e. The molecule has 0 saturated carbocycles. The van der Waals surface area contributed by atoms with Gasteiger partial charge in [-0.05, 0) is 43.7 Å². The molecule has 2 atom stereocenters. The Morgan fingerprint density at radius 3 is 2.50 bits per heavy atom. The minimum atomic E-state index is 0.533. The standard InChI is InChI=1S/C16H25NS/c1-6-12(4)10-13(5)14-8-7-9-15(18)16(14)17-11(2)3/h7-9,12-13,18H,6,10H2,1-5H3. The van der Waals surface area contributed by atoms with E-state index >= 15 is 0 Å². The second-order valence-corrected chi connectivity index (χ2v) is 5.91. The highest BCUT2D eigenvalue weighted by Gasteiger charge is 2.14. The Hall–Kier alpha value is -0.760. The van der Waals surface area contributed by atoms with Crippen LogP contribution >= 0.6 is 12.6 Å². The molecular weight excluding hydrogens is 238 g/mol. The van der Waals surface area contributed by atoms with Gasteiger partial charge in [-0.3, -0.25) is 4.99 Å². The van der Waals surface area contributed by atoms with Crippen LogP contribution < -0.4 is 0 Å². The van der Waals surface area contributed by atoms with Gasteiger partial charge < -0.3 is 0 Å². The van der Waals surface area contributed by atoms with Crippen LogP contribution in [0.3, 0.4) is 0 Å². The molecule has 1 nitrogen and oxygen atoms in total. The molecule has 0 amide bonds. The smallest absolute Gasteiger partial charge is 0.0796 e. The van der Waals surface area contributed by atoms with Crippen molar-refractivity contribution in [3.8, 4) is 0 Å². The molecule has 18 heavy (non-hydrogen) atoms. The van der Waals surface area contributed by atoms with Crippen molar-refractivity contribution in [2.75, 3.05) is 0 Å². The first-order valence-corrected chi connectivity index (χ1v) is 7.24. The van der Waals surface area contributed by atoms with Gasteiger partial charge in [0.2, 0.25) is 0 Å². The first-order chi connectivity index (χ1) is 8.45. The molecule has 1 aromatic carbocycles. The molecule has 0 aliphatic carbocycles. The van der Waals surface area contributed by atoms with Gasteiger partial charge in [-0.25, -0.2) is 0 Å². The van der Waals surface area contributed by atoms with Crippen LogP contribution in [0.25, 0.3) is 0 Å². The molecule has 2 heteroatoms. The maximum atomic E-state index is 4.65. The van der Waals surface area contributed by atoms with Crippen molar-refractivity contribution in [1.29, 1.82) is 0 Å². The minimum Gasteiger partial charge on any atom is -0.257 e. The van der Waals surface area contributed by atoms with E-state index in [2.05, 4.69) is 50.5 Å². The minimum absolute atomic E-state index is 0.533. The molecule has 0 aliphatic heterocycles. The molecule has 100 valence electrons. The van der Waals surface area contributed by atoms with Gasteiger partial charge in [0.25, 0.3) is 0 Å². The number of hydrogen-bond donors (Lipinski definition) is 1. The van der Waals surface area contributed by atoms with E-state index in [0.29, 0.717) is 5.92 Å². The SMILES string of the molecule is CCC(C)CC(C)c1cccc(S)c1N=C(C)C. The van der Waals surface area contributed by atoms with E-state index in [1.807, 2.05) is 19.9 Å². The predicted octanol–water partition coefficient (Wildman–Crippen LogP) is 5.63. The first kappa shape index (κ1) is 15.3. The third kappa shape index (κ3) is 4.16. The third-order valence-corrected chi connectivity index (χ3v) is 3.73. The van der Waals surface area contributed by atoms with E-state index < -0.39 is 0 Å². The van der Waals surface area contributed by atoms with Crippen LogP contribution in [0.4, 0.5) is 5.69 Å². The molecule has 0 aliphatic rings. The van der Waals surface area contributed by atoms with Crippen molar-refractivity contribution >= 4 is 24.0 Å². The van der Waals surface area contributed by atoms with Crippen molar-refractivity contribution < 1.29 is 0 Å². The fourth-order valence-electron chi connectivity index (χ4n) is 2.19. The Morgan fingerprint density at radius 1 is 1.28 bits per heavy atom. The normalized spacial score (nSPS) is 14.1. The monoisotopic (exact) mass is 263 g/mol. The van der Waals surface area contributed by atoms with Gasteiger partial charge in [0, 0.05) is 10.6 Å². The van der Waals surface area contributed by atoms with E-state index in [4.69, 9.17) is 0 Å². The molecule has 0 aromatic heterocycles. The van der Waals surface area contributed by atoms with E-state index in [-0.39, 0.29) is 0 Å². The lowest BCUT2D eigenvalue weighted by Gasteiger charge is -2.19. The fraction of sp³-hybridized carbons (Fsp3) is 0.562. The van der Waals surface area contributed by atoms with Crippen molar-refractivity contribution in [3.63, 3.8) is 0 Å². The summed E-state index contributed by atoms with van der Waals surface area (Å²) in [4.78, 5) is 5.63. The number of rotatable bonds is 5. The molecule has 1 rings (SSSR count). The average Bonchev–Trinajstić information content (AvgIpc) is 2.30. The molecule has 0 fully saturated rings. The van der Waals surface area contributed by atoms with Gasteiger partial charge in [0.05, 0.1) is 5.69 Å². The lowest BCUT2D eigenvalue weighted by atomic mass is 9.89. The summed E-state index contributed by atoms with van der Waals surface area (Å²) in [6, 6.07) is 6.29. The molecule has 2 unspecified atom stereocenters. The summed E-state index contributed by atoms with van der Waals surface area (Å²) < 4.78 is 0. The number of thiol groups is 1. The second kappa shape index (κ2) is 6.98. The Morgan fingerprint density at radius 2 is 1.94 bits per heavy atom. The van der Waals surface area contributed by atoms with E-state index in [1.165, 1.54) is 18.4 Å². The lowest BCUT2D eigenvalue weighted by molar-refractivity contribution is 0.471. The summed E-state index contributed by atoms with van der Waals surface area (Å²) in [7, 11) is 0. The van der Waals surface area contributed by atoms with Gasteiger partial charge in [-0.1, -0.05) is 39.3 Å². The third-order valence-electron chi connectivity index (χ3n) is 3.37. The lowest BCUT2D eigenvalue weighted by Crippen LogP contribution is -2.02. The van der Waals surface area contributed by atoms with Crippen LogP contribution in [-0.4, -0.2) is 5.71 Å². The summed E-state index contributed by atoms with van der Waals surface area (Å²) in [6.07, 6.45) is 2.44. The highest BCUT2D eigenvalue weighted by Crippen LogP contribution is 2.36. The molecule has 0 N–H and O–H groups in total. The summed E-state index contributed by atoms with van der Waals surface area (Å²) >= 11 is 4.54. The van der Waals surface area contributed by atoms with Crippen LogP contribution in [0.1, 0.15) is 58.9 Å². The van der Waals surface area contributed by atoms with Gasteiger partial charge in [0.15, 0.2) is 0 Å². The zero-order chi connectivity index (χ0) is 13.7. The Labute approximate surface area is 117 Å². The van der Waals surface area contributed by atoms with Gasteiger partial charge in [0.1, 0.15) is 0 Å². The summed E-state index contributed by atoms with van der Waals surface area (Å²) in [5.74, 6) is 1.29. The number of aliphatic imine (C=N–C) groups is 1. The summed E-state index contributed by atoms with van der Waals surface area (Å²) in [5, 5.41) is 0. The van der Waals surface area contributed by atoms with Gasteiger partial charge in [-0.2, -0.15) is 0 Å². The molecule has 0 saturated heterocycles. The van der Waals surface area contributed by atoms with Crippen LogP contribution in [0.5, 0.6) is 0 Å². The number of hydrogen-bond acceptors (Lipinski definition) is 2. The van der Waals surface area contributed by atoms with Crippen LogP contribution in [0.15, 0.2) is 28.1 Å². The number of para-hydroxylation sites is 1. The van der Waals surface area contributed by atoms with E-state index in [9.17, 15) is 0 Å². The maximum absolute atomic E-state index is 4.65. The van der Waals surface area contributed by atoms with Crippen molar-refractivity contribution in [1.82, 2.24) is 0 Å². The van der Waals surface area contributed by atoms with Crippen LogP contribution in [0, 0.1) is 5.92 Å². The molecule has 1 aromatic rings. The fourth-order valence-corrected chi connectivity index (χ4v) is 2.45. The summed E-state index contributed by atoms with van der Waals surface area (Å²) in [6.45, 7) is 10.9. The quantitative estimate of drug-likeness (QED) is 0.522. The highest BCUT2D eigenvalue weighted by molar-refractivity contribution is 7.80. The van der Waals surface area contributed by atoms with Gasteiger partial charge in [-0.15, -0.1) is 12.6 Å². The van der Waals surface area contributed by atoms with Crippen molar-refractivity contribution in [2.24, 2.45) is 10.9 Å². The predicted molar refractivity (Wildman–Crippen MR) is 84.6 cm³/mol. The highest BCUT2D eigenvalue weighted by atomic mass is 32.1. The Kier molecular flexibility index (Phi) is 5.94. The molecule has 0 spiro atoms. The molecule has 0 radical (unpaired) electrons. The Balaban J connectivity index is 3.08. The van der Waals surface area contributed by atoms with Crippen molar-refractivity contribution in [2.45, 2.75) is 58.3 Å². The second-order valence-electron chi connectivity index (χ2n) is 5.42. The Bertz CT molecular complexity index is 419. The molecule has 0 heterocycles. The zero-order valence-corrected chi connectivity index (χ0v) is 13.1. The van der Waals surface area contributed by atoms with Gasteiger partial charge >= 0.3 is 0 Å². The van der Waals surface area contributed by atoms with Crippen LogP contribution in [-0.2, 0) is 0 Å². The number of benzene rings is 1. The topological polar surface area (TPSA) is 12.4 Å². The van der Waals surface area contributed by atoms with Crippen LogP contribution in [0.2, 0.25) is 0 Å². The van der Waals surface area contributed by atoms with E-state index in [1.54, 1.807) is 0 Å².